The van der Waals surface area contributed by atoms with Crippen LogP contribution in [0.1, 0.15) is 22.3 Å². The molecule has 1 aliphatic heterocycles. The fraction of sp³-hybridized carbons (Fsp3) is 0.500. The first-order valence-corrected chi connectivity index (χ1v) is 6.33. The Morgan fingerprint density at radius 3 is 2.59 bits per heavy atom. The summed E-state index contributed by atoms with van der Waals surface area (Å²) < 4.78 is 0. The van der Waals surface area contributed by atoms with Gasteiger partial charge < -0.3 is 9.80 Å². The number of rotatable bonds is 1. The van der Waals surface area contributed by atoms with Gasteiger partial charge in [-0.25, -0.2) is 0 Å². The van der Waals surface area contributed by atoms with Crippen molar-refractivity contribution in [3.63, 3.8) is 0 Å². The van der Waals surface area contributed by atoms with Gasteiger partial charge in [0, 0.05) is 43.9 Å². The predicted octanol–water partition coefficient (Wildman–Crippen LogP) is 1.57. The number of fused-ring (bicyclic) bond motifs is 1. The van der Waals surface area contributed by atoms with Gasteiger partial charge in [0.05, 0.1) is 0 Å². The van der Waals surface area contributed by atoms with Gasteiger partial charge in [-0.05, 0) is 31.2 Å². The SMILES string of the molecule is CN1CCN(c2ccc3c(c2)C(=O)CC3)CC1. The number of carbonyl (C=O) groups excluding carboxylic acids is 1. The second kappa shape index (κ2) is 4.15. The lowest BCUT2D eigenvalue weighted by molar-refractivity contribution is 0.0994. The van der Waals surface area contributed by atoms with Crippen LogP contribution in [0, 0.1) is 0 Å². The van der Waals surface area contributed by atoms with Crippen molar-refractivity contribution in [2.75, 3.05) is 38.1 Å². The molecule has 0 saturated carbocycles. The molecular formula is C14H18N2O. The van der Waals surface area contributed by atoms with Crippen LogP contribution < -0.4 is 4.90 Å². The van der Waals surface area contributed by atoms with Gasteiger partial charge in [0.15, 0.2) is 5.78 Å². The molecule has 3 nitrogen and oxygen atoms in total. The van der Waals surface area contributed by atoms with Gasteiger partial charge in [0.2, 0.25) is 0 Å². The van der Waals surface area contributed by atoms with Crippen molar-refractivity contribution in [1.29, 1.82) is 0 Å². The summed E-state index contributed by atoms with van der Waals surface area (Å²) in [4.78, 5) is 16.4. The van der Waals surface area contributed by atoms with Crippen LogP contribution in [0.25, 0.3) is 0 Å². The molecule has 0 unspecified atom stereocenters. The molecule has 1 aromatic rings. The fourth-order valence-electron chi connectivity index (χ4n) is 2.69. The summed E-state index contributed by atoms with van der Waals surface area (Å²) in [5.41, 5.74) is 3.40. The highest BCUT2D eigenvalue weighted by atomic mass is 16.1. The number of Topliss-reactive ketones (excluding diaryl/α,β-unsaturated/α-hetero) is 1. The minimum absolute atomic E-state index is 0.316. The highest BCUT2D eigenvalue weighted by Crippen LogP contribution is 2.27. The summed E-state index contributed by atoms with van der Waals surface area (Å²) in [6.45, 7) is 4.32. The number of carbonyl (C=O) groups is 1. The molecule has 1 aliphatic carbocycles. The van der Waals surface area contributed by atoms with Crippen LogP contribution in [0.4, 0.5) is 5.69 Å². The van der Waals surface area contributed by atoms with Gasteiger partial charge in [0.1, 0.15) is 0 Å². The second-order valence-electron chi connectivity index (χ2n) is 5.05. The number of nitrogens with zero attached hydrogens (tertiary/aromatic N) is 2. The van der Waals surface area contributed by atoms with E-state index in [1.54, 1.807) is 0 Å². The Bertz CT molecular complexity index is 448. The minimum atomic E-state index is 0.316. The van der Waals surface area contributed by atoms with E-state index in [2.05, 4.69) is 35.0 Å². The van der Waals surface area contributed by atoms with Crippen LogP contribution in [0.5, 0.6) is 0 Å². The standard InChI is InChI=1S/C14H18N2O/c1-15-6-8-16(9-7-15)12-4-2-11-3-5-14(17)13(11)10-12/h2,4,10H,3,5-9H2,1H3. The Morgan fingerprint density at radius 2 is 1.82 bits per heavy atom. The Morgan fingerprint density at radius 1 is 1.06 bits per heavy atom. The average molecular weight is 230 g/mol. The van der Waals surface area contributed by atoms with Gasteiger partial charge in [0.25, 0.3) is 0 Å². The first-order valence-electron chi connectivity index (χ1n) is 6.33. The van der Waals surface area contributed by atoms with Gasteiger partial charge in [-0.3, -0.25) is 4.79 Å². The lowest BCUT2D eigenvalue weighted by Gasteiger charge is -2.34. The van der Waals surface area contributed by atoms with E-state index in [4.69, 9.17) is 0 Å². The number of benzene rings is 1. The first-order chi connectivity index (χ1) is 8.24. The molecule has 3 heteroatoms. The van der Waals surface area contributed by atoms with Crippen molar-refractivity contribution in [1.82, 2.24) is 4.90 Å². The summed E-state index contributed by atoms with van der Waals surface area (Å²) in [6.07, 6.45) is 1.62. The third kappa shape index (κ3) is 1.95. The van der Waals surface area contributed by atoms with E-state index in [1.807, 2.05) is 0 Å². The van der Waals surface area contributed by atoms with E-state index in [9.17, 15) is 4.79 Å². The molecule has 90 valence electrons. The van der Waals surface area contributed by atoms with Crippen molar-refractivity contribution < 1.29 is 4.79 Å². The molecule has 0 amide bonds. The van der Waals surface area contributed by atoms with E-state index >= 15 is 0 Å². The molecule has 2 aliphatic rings. The highest BCUT2D eigenvalue weighted by molar-refractivity contribution is 6.01. The summed E-state index contributed by atoms with van der Waals surface area (Å²) in [6, 6.07) is 6.40. The average Bonchev–Trinajstić information content (AvgIpc) is 2.72. The Labute approximate surface area is 102 Å². The summed E-state index contributed by atoms with van der Waals surface area (Å²) in [5.74, 6) is 0.316. The van der Waals surface area contributed by atoms with E-state index in [1.165, 1.54) is 11.3 Å². The maximum Gasteiger partial charge on any atom is 0.163 e. The van der Waals surface area contributed by atoms with Crippen LogP contribution in [-0.4, -0.2) is 43.9 Å². The quantitative estimate of drug-likeness (QED) is 0.731. The zero-order valence-electron chi connectivity index (χ0n) is 10.3. The maximum atomic E-state index is 11.7. The van der Waals surface area contributed by atoms with Gasteiger partial charge in [-0.15, -0.1) is 0 Å². The maximum absolute atomic E-state index is 11.7. The van der Waals surface area contributed by atoms with Crippen LogP contribution in [0.15, 0.2) is 18.2 Å². The van der Waals surface area contributed by atoms with Crippen molar-refractivity contribution in [3.8, 4) is 0 Å². The lowest BCUT2D eigenvalue weighted by Crippen LogP contribution is -2.44. The van der Waals surface area contributed by atoms with Crippen molar-refractivity contribution >= 4 is 11.5 Å². The minimum Gasteiger partial charge on any atom is -0.369 e. The molecule has 0 radical (unpaired) electrons. The largest absolute Gasteiger partial charge is 0.369 e. The van der Waals surface area contributed by atoms with Crippen molar-refractivity contribution in [2.24, 2.45) is 0 Å². The molecule has 0 atom stereocenters. The van der Waals surface area contributed by atoms with Crippen LogP contribution in [-0.2, 0) is 6.42 Å². The highest BCUT2D eigenvalue weighted by Gasteiger charge is 2.21. The second-order valence-corrected chi connectivity index (χ2v) is 5.05. The molecule has 0 spiro atoms. The van der Waals surface area contributed by atoms with E-state index in [0.717, 1.165) is 38.2 Å². The topological polar surface area (TPSA) is 23.6 Å². The van der Waals surface area contributed by atoms with Crippen LogP contribution in [0.3, 0.4) is 0 Å². The number of hydrogen-bond donors (Lipinski definition) is 0. The van der Waals surface area contributed by atoms with Crippen molar-refractivity contribution in [3.05, 3.63) is 29.3 Å². The Balaban J connectivity index is 1.84. The molecule has 1 heterocycles. The summed E-state index contributed by atoms with van der Waals surface area (Å²) >= 11 is 0. The smallest absolute Gasteiger partial charge is 0.163 e. The van der Waals surface area contributed by atoms with Crippen molar-refractivity contribution in [2.45, 2.75) is 12.8 Å². The first kappa shape index (κ1) is 10.8. The van der Waals surface area contributed by atoms with Gasteiger partial charge >= 0.3 is 0 Å². The molecule has 1 saturated heterocycles. The number of ketones is 1. The molecule has 1 aromatic carbocycles. The fourth-order valence-corrected chi connectivity index (χ4v) is 2.69. The van der Waals surface area contributed by atoms with Crippen LogP contribution in [0.2, 0.25) is 0 Å². The van der Waals surface area contributed by atoms with E-state index < -0.39 is 0 Å². The summed E-state index contributed by atoms with van der Waals surface area (Å²) in [5, 5.41) is 0. The van der Waals surface area contributed by atoms with Gasteiger partial charge in [-0.1, -0.05) is 6.07 Å². The number of likely N-dealkylation sites (N-methyl/N-ethyl adjacent to an activating group) is 1. The Hall–Kier alpha value is -1.35. The molecule has 1 fully saturated rings. The predicted molar refractivity (Wildman–Crippen MR) is 68.8 cm³/mol. The number of aryl methyl sites for hydroxylation is 1. The molecule has 0 aromatic heterocycles. The normalized spacial score (nSPS) is 20.8. The zero-order valence-corrected chi connectivity index (χ0v) is 10.3. The van der Waals surface area contributed by atoms with Crippen LogP contribution >= 0.6 is 0 Å². The summed E-state index contributed by atoms with van der Waals surface area (Å²) in [7, 11) is 2.16. The molecule has 17 heavy (non-hydrogen) atoms. The molecular weight excluding hydrogens is 212 g/mol. The zero-order chi connectivity index (χ0) is 11.8. The van der Waals surface area contributed by atoms with E-state index in [-0.39, 0.29) is 0 Å². The van der Waals surface area contributed by atoms with E-state index in [0.29, 0.717) is 12.2 Å². The number of anilines is 1. The monoisotopic (exact) mass is 230 g/mol. The lowest BCUT2D eigenvalue weighted by atomic mass is 10.1. The number of hydrogen-bond acceptors (Lipinski definition) is 3. The molecule has 3 rings (SSSR count). The third-order valence-electron chi connectivity index (χ3n) is 3.88. The van der Waals surface area contributed by atoms with Gasteiger partial charge in [-0.2, -0.15) is 0 Å². The third-order valence-corrected chi connectivity index (χ3v) is 3.88. The Kier molecular flexibility index (Phi) is 2.63. The molecule has 0 N–H and O–H groups in total. The molecule has 0 bridgehead atoms. The number of piperazine rings is 1.